The van der Waals surface area contributed by atoms with Crippen LogP contribution in [0, 0.1) is 11.2 Å². The van der Waals surface area contributed by atoms with E-state index < -0.39 is 5.41 Å². The third kappa shape index (κ3) is 4.04. The third-order valence-corrected chi connectivity index (χ3v) is 6.78. The molecule has 1 N–H and O–H groups in total. The summed E-state index contributed by atoms with van der Waals surface area (Å²) in [5.74, 6) is 0.0194. The molecule has 5 heteroatoms. The first kappa shape index (κ1) is 18.9. The zero-order valence-electron chi connectivity index (χ0n) is 16.3. The molecule has 0 atom stereocenters. The van der Waals surface area contributed by atoms with E-state index in [9.17, 15) is 9.18 Å². The lowest BCUT2D eigenvalue weighted by Gasteiger charge is -2.44. The van der Waals surface area contributed by atoms with Crippen molar-refractivity contribution in [1.29, 1.82) is 0 Å². The Bertz CT molecular complexity index is 655. The predicted octanol–water partition coefficient (Wildman–Crippen LogP) is 2.82. The summed E-state index contributed by atoms with van der Waals surface area (Å²) in [6.07, 6.45) is 8.24. The highest BCUT2D eigenvalue weighted by Crippen LogP contribution is 2.32. The fourth-order valence-electron chi connectivity index (χ4n) is 5.07. The minimum Gasteiger partial charge on any atom is -0.341 e. The van der Waals surface area contributed by atoms with Crippen LogP contribution in [0.4, 0.5) is 4.39 Å². The number of nitrogens with one attached hydrogen (secondary N) is 1. The normalized spacial score (nSPS) is 24.3. The fraction of sp³-hybridized carbons (Fsp3) is 0.682. The highest BCUT2D eigenvalue weighted by molar-refractivity contribution is 5.84. The number of halogens is 1. The van der Waals surface area contributed by atoms with Gasteiger partial charge >= 0.3 is 0 Å². The van der Waals surface area contributed by atoms with Gasteiger partial charge in [-0.2, -0.15) is 0 Å². The number of hydrogen-bond acceptors (Lipinski definition) is 3. The van der Waals surface area contributed by atoms with Gasteiger partial charge in [-0.25, -0.2) is 4.39 Å². The van der Waals surface area contributed by atoms with Crippen LogP contribution >= 0.6 is 0 Å². The summed E-state index contributed by atoms with van der Waals surface area (Å²) in [6, 6.07) is 7.59. The van der Waals surface area contributed by atoms with E-state index in [4.69, 9.17) is 0 Å². The second kappa shape index (κ2) is 8.27. The minimum atomic E-state index is -0.470. The first-order valence-electron chi connectivity index (χ1n) is 10.7. The maximum absolute atomic E-state index is 14.2. The van der Waals surface area contributed by atoms with E-state index in [1.807, 2.05) is 12.1 Å². The Labute approximate surface area is 162 Å². The number of carbonyl (C=O) groups is 1. The zero-order chi connectivity index (χ0) is 18.7. The number of benzene rings is 1. The van der Waals surface area contributed by atoms with Crippen LogP contribution in [0.1, 0.15) is 44.1 Å². The fourth-order valence-corrected chi connectivity index (χ4v) is 5.07. The van der Waals surface area contributed by atoms with Gasteiger partial charge in [-0.15, -0.1) is 0 Å². The summed E-state index contributed by atoms with van der Waals surface area (Å²) >= 11 is 0. The molecular weight excluding hydrogens is 341 g/mol. The van der Waals surface area contributed by atoms with Gasteiger partial charge < -0.3 is 10.2 Å². The molecule has 2 saturated heterocycles. The van der Waals surface area contributed by atoms with Gasteiger partial charge in [-0.1, -0.05) is 37.5 Å². The SMILES string of the molecule is O=C(N1CCCN(C2CCCCC2)CC1)C1(Cc2ccccc2F)CNC1. The van der Waals surface area contributed by atoms with Gasteiger partial charge in [0.25, 0.3) is 0 Å². The molecule has 0 unspecified atom stereocenters. The van der Waals surface area contributed by atoms with Gasteiger partial charge in [-0.05, 0) is 37.3 Å². The number of carbonyl (C=O) groups excluding carboxylic acids is 1. The first-order chi connectivity index (χ1) is 13.2. The number of hydrogen-bond donors (Lipinski definition) is 1. The molecule has 1 saturated carbocycles. The Hall–Kier alpha value is -1.46. The second-order valence-electron chi connectivity index (χ2n) is 8.63. The zero-order valence-corrected chi connectivity index (χ0v) is 16.3. The third-order valence-electron chi connectivity index (χ3n) is 6.78. The Morgan fingerprint density at radius 2 is 1.81 bits per heavy atom. The molecule has 3 fully saturated rings. The van der Waals surface area contributed by atoms with Crippen molar-refractivity contribution in [3.8, 4) is 0 Å². The number of amides is 1. The Kier molecular flexibility index (Phi) is 5.79. The molecule has 1 aromatic rings. The van der Waals surface area contributed by atoms with E-state index in [1.165, 1.54) is 38.2 Å². The largest absolute Gasteiger partial charge is 0.341 e. The second-order valence-corrected chi connectivity index (χ2v) is 8.63. The molecule has 1 aliphatic carbocycles. The maximum Gasteiger partial charge on any atom is 0.231 e. The molecule has 0 spiro atoms. The molecule has 4 rings (SSSR count). The molecule has 3 aliphatic rings. The van der Waals surface area contributed by atoms with Crippen LogP contribution in [0.2, 0.25) is 0 Å². The Balaban J connectivity index is 1.41. The first-order valence-corrected chi connectivity index (χ1v) is 10.7. The van der Waals surface area contributed by atoms with Gasteiger partial charge in [0.05, 0.1) is 5.41 Å². The van der Waals surface area contributed by atoms with Crippen molar-refractivity contribution < 1.29 is 9.18 Å². The standard InChI is InChI=1S/C22H32FN3O/c23-20-10-5-4-7-18(20)15-22(16-24-17-22)21(27)26-12-6-11-25(13-14-26)19-8-2-1-3-9-19/h4-5,7,10,19,24H,1-3,6,8-9,11-17H2. The van der Waals surface area contributed by atoms with Gasteiger partial charge in [0, 0.05) is 45.3 Å². The van der Waals surface area contributed by atoms with Crippen LogP contribution < -0.4 is 5.32 Å². The summed E-state index contributed by atoms with van der Waals surface area (Å²) in [5.41, 5.74) is 0.188. The van der Waals surface area contributed by atoms with Crippen molar-refractivity contribution in [3.05, 3.63) is 35.6 Å². The van der Waals surface area contributed by atoms with E-state index in [0.29, 0.717) is 31.1 Å². The molecule has 1 aromatic carbocycles. The van der Waals surface area contributed by atoms with Gasteiger partial charge in [-0.3, -0.25) is 9.69 Å². The summed E-state index contributed by atoms with van der Waals surface area (Å²) in [7, 11) is 0. The van der Waals surface area contributed by atoms with Crippen LogP contribution in [0.15, 0.2) is 24.3 Å². The number of rotatable bonds is 4. The van der Waals surface area contributed by atoms with Crippen molar-refractivity contribution in [2.24, 2.45) is 5.41 Å². The smallest absolute Gasteiger partial charge is 0.231 e. The quantitative estimate of drug-likeness (QED) is 0.882. The van der Waals surface area contributed by atoms with Crippen LogP contribution in [-0.4, -0.2) is 61.0 Å². The molecule has 4 nitrogen and oxygen atoms in total. The average molecular weight is 374 g/mol. The predicted molar refractivity (Wildman–Crippen MR) is 105 cm³/mol. The maximum atomic E-state index is 14.2. The van der Waals surface area contributed by atoms with Crippen molar-refractivity contribution >= 4 is 5.91 Å². The van der Waals surface area contributed by atoms with Crippen LogP contribution in [-0.2, 0) is 11.2 Å². The van der Waals surface area contributed by atoms with Crippen LogP contribution in [0.3, 0.4) is 0 Å². The van der Waals surface area contributed by atoms with E-state index in [0.717, 1.165) is 32.6 Å². The summed E-state index contributed by atoms with van der Waals surface area (Å²) < 4.78 is 14.2. The Morgan fingerprint density at radius 3 is 2.52 bits per heavy atom. The lowest BCUT2D eigenvalue weighted by atomic mass is 9.75. The lowest BCUT2D eigenvalue weighted by Crippen LogP contribution is -2.63. The highest BCUT2D eigenvalue weighted by atomic mass is 19.1. The van der Waals surface area contributed by atoms with Gasteiger partial charge in [0.15, 0.2) is 0 Å². The average Bonchev–Trinajstić information content (AvgIpc) is 2.92. The molecular formula is C22H32FN3O. The van der Waals surface area contributed by atoms with Crippen molar-refractivity contribution in [2.75, 3.05) is 39.3 Å². The molecule has 27 heavy (non-hydrogen) atoms. The molecule has 148 valence electrons. The number of nitrogens with zero attached hydrogens (tertiary/aromatic N) is 2. The van der Waals surface area contributed by atoms with Gasteiger partial charge in [0.1, 0.15) is 5.82 Å². The molecule has 0 radical (unpaired) electrons. The van der Waals surface area contributed by atoms with Gasteiger partial charge in [0.2, 0.25) is 5.91 Å². The van der Waals surface area contributed by atoms with Crippen molar-refractivity contribution in [3.63, 3.8) is 0 Å². The highest BCUT2D eigenvalue weighted by Gasteiger charge is 2.47. The van der Waals surface area contributed by atoms with Crippen molar-refractivity contribution in [1.82, 2.24) is 15.1 Å². The molecule has 2 aliphatic heterocycles. The lowest BCUT2D eigenvalue weighted by molar-refractivity contribution is -0.145. The molecule has 2 heterocycles. The Morgan fingerprint density at radius 1 is 1.04 bits per heavy atom. The summed E-state index contributed by atoms with van der Waals surface area (Å²) in [5, 5.41) is 3.26. The van der Waals surface area contributed by atoms with Crippen LogP contribution in [0.5, 0.6) is 0 Å². The van der Waals surface area contributed by atoms with E-state index in [2.05, 4.69) is 15.1 Å². The van der Waals surface area contributed by atoms with E-state index in [-0.39, 0.29) is 11.7 Å². The molecule has 1 amide bonds. The van der Waals surface area contributed by atoms with Crippen LogP contribution in [0.25, 0.3) is 0 Å². The minimum absolute atomic E-state index is 0.198. The monoisotopic (exact) mass is 373 g/mol. The van der Waals surface area contributed by atoms with Crippen molar-refractivity contribution in [2.45, 2.75) is 51.0 Å². The van der Waals surface area contributed by atoms with E-state index >= 15 is 0 Å². The summed E-state index contributed by atoms with van der Waals surface area (Å²) in [4.78, 5) is 18.1. The molecule has 0 bridgehead atoms. The topological polar surface area (TPSA) is 35.6 Å². The van der Waals surface area contributed by atoms with E-state index in [1.54, 1.807) is 6.07 Å². The molecule has 0 aromatic heterocycles. The summed E-state index contributed by atoms with van der Waals surface area (Å²) in [6.45, 7) is 5.05.